The van der Waals surface area contributed by atoms with E-state index >= 15 is 4.39 Å². The van der Waals surface area contributed by atoms with Gasteiger partial charge in [-0.15, -0.1) is 0 Å². The molecule has 61 heavy (non-hydrogen) atoms. The van der Waals surface area contributed by atoms with Crippen molar-refractivity contribution >= 4 is 57.5 Å². The molecule has 5 amide bonds. The Morgan fingerprint density at radius 1 is 1.00 bits per heavy atom. The molecule has 1 unspecified atom stereocenters. The number of rotatable bonds is 11. The fraction of sp³-hybridized carbons (Fsp3) is 0.455. The van der Waals surface area contributed by atoms with Crippen molar-refractivity contribution in [3.05, 3.63) is 77.9 Å². The second-order valence-corrected chi connectivity index (χ2v) is 17.4. The fourth-order valence-electron chi connectivity index (χ4n) is 9.46. The van der Waals surface area contributed by atoms with Gasteiger partial charge in [0, 0.05) is 80.7 Å². The number of hydrogen-bond donors (Lipinski definition) is 2. The molecule has 2 saturated carbocycles. The van der Waals surface area contributed by atoms with Crippen molar-refractivity contribution in [2.75, 3.05) is 43.5 Å². The first kappa shape index (κ1) is 38.9. The second kappa shape index (κ2) is 15.3. The van der Waals surface area contributed by atoms with E-state index in [9.17, 15) is 24.0 Å². The Bertz CT molecular complexity index is 2590. The Kier molecular flexibility index (Phi) is 9.80. The smallest absolute Gasteiger partial charge is 0.262 e. The van der Waals surface area contributed by atoms with E-state index in [1.807, 2.05) is 35.0 Å². The van der Waals surface area contributed by atoms with Gasteiger partial charge < -0.3 is 19.9 Å². The zero-order valence-electron chi connectivity index (χ0n) is 33.9. The second-order valence-electron chi connectivity index (χ2n) is 17.4. The minimum atomic E-state index is -1.37. The summed E-state index contributed by atoms with van der Waals surface area (Å²) in [5.41, 5.74) is 2.00. The quantitative estimate of drug-likeness (QED) is 0.173. The Morgan fingerprint density at radius 3 is 2.56 bits per heavy atom. The number of amides is 5. The standard InChI is InChI=1S/C44H47FN10O6/c1-51(25-44(45)13-17-52(18-14-44)30-9-10-31-32(20-30)43(60)55(42(31)59)36-11-12-38(56)49-41(36)58)28-5-7-29(8-6-28)54-23-27-19-35(37(21-34(27)50-54)61-24-26-3-4-26)48-40(57)33-22-47-53-16-2-15-46-39(33)53/h2,9-10,15-16,19-23,26,28-29,36H,3-8,11-14,17-18,24-25H2,1H3,(H,48,57)(H,49,56,58). The van der Waals surface area contributed by atoms with Crippen LogP contribution in [0.4, 0.5) is 15.8 Å². The Hall–Kier alpha value is -6.23. The van der Waals surface area contributed by atoms with Crippen LogP contribution >= 0.6 is 0 Å². The molecule has 17 heteroatoms. The molecule has 3 aliphatic heterocycles. The van der Waals surface area contributed by atoms with Crippen molar-refractivity contribution in [1.29, 1.82) is 0 Å². The molecule has 10 rings (SSSR count). The lowest BCUT2D eigenvalue weighted by Gasteiger charge is -2.42. The number of hydrogen-bond acceptors (Lipinski definition) is 11. The minimum Gasteiger partial charge on any atom is -0.491 e. The number of fused-ring (bicyclic) bond motifs is 3. The monoisotopic (exact) mass is 830 g/mol. The fourth-order valence-corrected chi connectivity index (χ4v) is 9.46. The maximum Gasteiger partial charge on any atom is 0.262 e. The average Bonchev–Trinajstić information content (AvgIpc) is 3.75. The molecule has 5 aromatic rings. The van der Waals surface area contributed by atoms with E-state index < -0.39 is 35.3 Å². The van der Waals surface area contributed by atoms with Crippen molar-refractivity contribution in [2.45, 2.75) is 88.0 Å². The van der Waals surface area contributed by atoms with Crippen molar-refractivity contribution in [3.8, 4) is 5.75 Å². The molecule has 3 aromatic heterocycles. The Morgan fingerprint density at radius 2 is 1.79 bits per heavy atom. The molecular weight excluding hydrogens is 784 g/mol. The summed E-state index contributed by atoms with van der Waals surface area (Å²) in [6.07, 6.45) is 13.6. The number of nitrogens with one attached hydrogen (secondary N) is 2. The summed E-state index contributed by atoms with van der Waals surface area (Å²) in [6, 6.07) is 10.0. The van der Waals surface area contributed by atoms with Crippen molar-refractivity contribution in [3.63, 3.8) is 0 Å². The lowest BCUT2D eigenvalue weighted by atomic mass is 9.88. The van der Waals surface area contributed by atoms with Gasteiger partial charge in [0.1, 0.15) is 23.0 Å². The summed E-state index contributed by atoms with van der Waals surface area (Å²) in [7, 11) is 2.01. The summed E-state index contributed by atoms with van der Waals surface area (Å²) >= 11 is 0. The Balaban J connectivity index is 0.750. The molecule has 316 valence electrons. The summed E-state index contributed by atoms with van der Waals surface area (Å²) in [6.45, 7) is 1.82. The molecule has 1 atom stereocenters. The number of alkyl halides is 1. The predicted molar refractivity (Wildman–Crippen MR) is 221 cm³/mol. The van der Waals surface area contributed by atoms with Crippen molar-refractivity contribution < 1.29 is 33.1 Å². The van der Waals surface area contributed by atoms with Gasteiger partial charge in [0.25, 0.3) is 17.7 Å². The summed E-state index contributed by atoms with van der Waals surface area (Å²) in [5, 5.41) is 15.4. The van der Waals surface area contributed by atoms with Crippen LogP contribution < -0.4 is 20.3 Å². The van der Waals surface area contributed by atoms with Crippen LogP contribution in [0.15, 0.2) is 61.2 Å². The molecule has 2 N–H and O–H groups in total. The lowest BCUT2D eigenvalue weighted by Crippen LogP contribution is -2.54. The van der Waals surface area contributed by atoms with Gasteiger partial charge in [0.05, 0.1) is 41.2 Å². The van der Waals surface area contributed by atoms with Crippen LogP contribution in [-0.4, -0.2) is 115 Å². The average molecular weight is 831 g/mol. The lowest BCUT2D eigenvalue weighted by molar-refractivity contribution is -0.136. The summed E-state index contributed by atoms with van der Waals surface area (Å²) in [4.78, 5) is 73.6. The zero-order chi connectivity index (χ0) is 42.0. The molecule has 0 spiro atoms. The van der Waals surface area contributed by atoms with Crippen LogP contribution in [-0.2, 0) is 9.59 Å². The number of halogens is 1. The molecule has 0 bridgehead atoms. The maximum absolute atomic E-state index is 16.5. The van der Waals surface area contributed by atoms with Crippen LogP contribution in [0.1, 0.15) is 101 Å². The van der Waals surface area contributed by atoms with Crippen LogP contribution in [0.25, 0.3) is 16.6 Å². The Labute approximate surface area is 350 Å². The molecule has 0 radical (unpaired) electrons. The molecule has 2 aliphatic carbocycles. The number of piperidine rings is 2. The number of imide groups is 2. The highest BCUT2D eigenvalue weighted by molar-refractivity contribution is 6.23. The SMILES string of the molecule is CN(CC1(F)CCN(c2ccc3c(c2)C(=O)N(C2CCC(=O)NC2=O)C3=O)CC1)C1CCC(n2cc3cc(NC(=O)c4cnn5cccnc45)c(OCC4CC4)cc3n2)CC1. The van der Waals surface area contributed by atoms with Crippen LogP contribution in [0, 0.1) is 5.92 Å². The molecule has 5 aliphatic rings. The van der Waals surface area contributed by atoms with Crippen LogP contribution in [0.3, 0.4) is 0 Å². The highest BCUT2D eigenvalue weighted by Gasteiger charge is 2.45. The van der Waals surface area contributed by atoms with Gasteiger partial charge >= 0.3 is 0 Å². The first-order valence-corrected chi connectivity index (χ1v) is 21.3. The minimum absolute atomic E-state index is 0.0570. The van der Waals surface area contributed by atoms with Crippen molar-refractivity contribution in [1.82, 2.24) is 39.5 Å². The van der Waals surface area contributed by atoms with E-state index in [1.165, 1.54) is 6.20 Å². The predicted octanol–water partition coefficient (Wildman–Crippen LogP) is 4.95. The number of aromatic nitrogens is 5. The summed E-state index contributed by atoms with van der Waals surface area (Å²) < 4.78 is 26.3. The first-order chi connectivity index (χ1) is 29.5. The van der Waals surface area contributed by atoms with Crippen LogP contribution in [0.2, 0.25) is 0 Å². The third-order valence-corrected chi connectivity index (χ3v) is 13.2. The molecule has 2 aromatic carbocycles. The van der Waals surface area contributed by atoms with E-state index in [2.05, 4.69) is 25.6 Å². The van der Waals surface area contributed by atoms with Gasteiger partial charge in [-0.25, -0.2) is 13.9 Å². The van der Waals surface area contributed by atoms with E-state index in [1.54, 1.807) is 41.2 Å². The third kappa shape index (κ3) is 7.48. The van der Waals surface area contributed by atoms with Gasteiger partial charge in [-0.2, -0.15) is 10.2 Å². The molecule has 2 saturated heterocycles. The zero-order valence-corrected chi connectivity index (χ0v) is 33.9. The van der Waals surface area contributed by atoms with Gasteiger partial charge in [0.2, 0.25) is 11.8 Å². The molecule has 6 heterocycles. The molecule has 4 fully saturated rings. The number of nitrogens with zero attached hydrogens (tertiary/aromatic N) is 8. The van der Waals surface area contributed by atoms with Crippen molar-refractivity contribution in [2.24, 2.45) is 5.92 Å². The highest BCUT2D eigenvalue weighted by Crippen LogP contribution is 2.39. The first-order valence-electron chi connectivity index (χ1n) is 21.3. The van der Waals surface area contributed by atoms with E-state index in [-0.39, 0.29) is 42.0 Å². The van der Waals surface area contributed by atoms with Crippen LogP contribution in [0.5, 0.6) is 5.75 Å². The molecule has 16 nitrogen and oxygen atoms in total. The normalized spacial score (nSPS) is 22.9. The van der Waals surface area contributed by atoms with Gasteiger partial charge in [-0.1, -0.05) is 0 Å². The number of carbonyl (C=O) groups is 5. The number of carbonyl (C=O) groups excluding carboxylic acids is 5. The van der Waals surface area contributed by atoms with Gasteiger partial charge in [0.15, 0.2) is 5.65 Å². The van der Waals surface area contributed by atoms with E-state index in [0.717, 1.165) is 60.0 Å². The number of ether oxygens (including phenoxy) is 1. The van der Waals surface area contributed by atoms with Gasteiger partial charge in [-0.3, -0.25) is 38.9 Å². The highest BCUT2D eigenvalue weighted by atomic mass is 19.1. The number of anilines is 2. The van der Waals surface area contributed by atoms with E-state index in [4.69, 9.17) is 9.84 Å². The number of benzene rings is 2. The van der Waals surface area contributed by atoms with E-state index in [0.29, 0.717) is 67.6 Å². The maximum atomic E-state index is 16.5. The third-order valence-electron chi connectivity index (χ3n) is 13.2. The largest absolute Gasteiger partial charge is 0.491 e. The molecular formula is C44H47FN10O6. The summed E-state index contributed by atoms with van der Waals surface area (Å²) in [5.74, 6) is -1.38. The topological polar surface area (TPSA) is 176 Å². The van der Waals surface area contributed by atoms with Gasteiger partial charge in [-0.05, 0) is 88.2 Å².